The highest BCUT2D eigenvalue weighted by molar-refractivity contribution is 7.90. The fourth-order valence-electron chi connectivity index (χ4n) is 4.18. The Morgan fingerprint density at radius 3 is 2.60 bits per heavy atom. The van der Waals surface area contributed by atoms with Gasteiger partial charge in [-0.3, -0.25) is 4.79 Å². The minimum atomic E-state index is -4.09. The number of fused-ring (bicyclic) bond motifs is 2. The summed E-state index contributed by atoms with van der Waals surface area (Å²) in [5.74, 6) is 0.471. The van der Waals surface area contributed by atoms with Crippen molar-refractivity contribution in [2.45, 2.75) is 30.1 Å². The van der Waals surface area contributed by atoms with Gasteiger partial charge in [0.25, 0.3) is 10.0 Å². The average molecular weight is 426 g/mol. The maximum Gasteiger partial charge on any atom is 0.264 e. The molecule has 0 unspecified atom stereocenters. The van der Waals surface area contributed by atoms with E-state index in [0.717, 1.165) is 5.39 Å². The lowest BCUT2D eigenvalue weighted by Gasteiger charge is -2.37. The molecule has 156 valence electrons. The largest absolute Gasteiger partial charge is 0.496 e. The van der Waals surface area contributed by atoms with Crippen molar-refractivity contribution >= 4 is 26.7 Å². The number of benzene rings is 3. The molecule has 4 rings (SSSR count). The molecule has 0 aliphatic carbocycles. The van der Waals surface area contributed by atoms with Crippen molar-refractivity contribution in [1.82, 2.24) is 4.72 Å². The Bertz CT molecular complexity index is 1200. The number of rotatable bonds is 5. The standard InChI is InChI=1S/C23H23NO5S/c1-3-23(14-15-29-19-12-7-11-18(28-2)21(19)23)22(25)24-30(26,27)20-13-6-9-16-8-4-5-10-17(16)20/h4-13H,3,14-15H2,1-2H3,(H,24,25)/t23-/m0/s1. The highest BCUT2D eigenvalue weighted by Gasteiger charge is 2.46. The number of hydrogen-bond donors (Lipinski definition) is 1. The molecular formula is C23H23NO5S. The highest BCUT2D eigenvalue weighted by atomic mass is 32.2. The summed E-state index contributed by atoms with van der Waals surface area (Å²) in [6, 6.07) is 17.5. The summed E-state index contributed by atoms with van der Waals surface area (Å²) in [6.07, 6.45) is 0.758. The molecule has 7 heteroatoms. The normalized spacial score (nSPS) is 18.3. The van der Waals surface area contributed by atoms with Crippen LogP contribution in [0.25, 0.3) is 10.8 Å². The first kappa shape index (κ1) is 20.2. The van der Waals surface area contributed by atoms with Gasteiger partial charge in [-0.05, 0) is 30.0 Å². The van der Waals surface area contributed by atoms with Gasteiger partial charge < -0.3 is 9.47 Å². The second kappa shape index (κ2) is 7.65. The number of carbonyl (C=O) groups is 1. The van der Waals surface area contributed by atoms with E-state index in [1.165, 1.54) is 13.2 Å². The van der Waals surface area contributed by atoms with E-state index in [1.54, 1.807) is 36.4 Å². The molecule has 1 amide bonds. The zero-order chi connectivity index (χ0) is 21.4. The van der Waals surface area contributed by atoms with Gasteiger partial charge in [-0.1, -0.05) is 49.4 Å². The molecule has 3 aromatic carbocycles. The Kier molecular flexibility index (Phi) is 5.15. The van der Waals surface area contributed by atoms with Gasteiger partial charge in [0, 0.05) is 11.8 Å². The Morgan fingerprint density at radius 2 is 1.83 bits per heavy atom. The van der Waals surface area contributed by atoms with Gasteiger partial charge in [-0.15, -0.1) is 0 Å². The Hall–Kier alpha value is -3.06. The summed E-state index contributed by atoms with van der Waals surface area (Å²) in [5, 5.41) is 1.35. The third kappa shape index (κ3) is 3.19. The number of hydrogen-bond acceptors (Lipinski definition) is 5. The van der Waals surface area contributed by atoms with Gasteiger partial charge in [0.1, 0.15) is 11.5 Å². The van der Waals surface area contributed by atoms with E-state index in [-0.39, 0.29) is 4.90 Å². The maximum atomic E-state index is 13.5. The monoisotopic (exact) mass is 425 g/mol. The van der Waals surface area contributed by atoms with Crippen LogP contribution in [0.1, 0.15) is 25.3 Å². The molecule has 0 spiro atoms. The predicted octanol–water partition coefficient (Wildman–Crippen LogP) is 3.78. The summed E-state index contributed by atoms with van der Waals surface area (Å²) >= 11 is 0. The summed E-state index contributed by atoms with van der Waals surface area (Å²) in [5.41, 5.74) is -0.482. The zero-order valence-electron chi connectivity index (χ0n) is 16.8. The van der Waals surface area contributed by atoms with Crippen LogP contribution in [0.5, 0.6) is 11.5 Å². The minimum Gasteiger partial charge on any atom is -0.496 e. The number of methoxy groups -OCH3 is 1. The van der Waals surface area contributed by atoms with Crippen LogP contribution in [0.2, 0.25) is 0 Å². The highest BCUT2D eigenvalue weighted by Crippen LogP contribution is 2.46. The van der Waals surface area contributed by atoms with E-state index in [0.29, 0.717) is 41.9 Å². The molecule has 0 radical (unpaired) electrons. The van der Waals surface area contributed by atoms with Gasteiger partial charge in [-0.25, -0.2) is 13.1 Å². The van der Waals surface area contributed by atoms with Crippen molar-refractivity contribution in [3.8, 4) is 11.5 Å². The van der Waals surface area contributed by atoms with Crippen LogP contribution in [0.4, 0.5) is 0 Å². The lowest BCUT2D eigenvalue weighted by atomic mass is 9.73. The van der Waals surface area contributed by atoms with E-state index >= 15 is 0 Å². The molecule has 0 aromatic heterocycles. The first-order valence-corrected chi connectivity index (χ1v) is 11.3. The quantitative estimate of drug-likeness (QED) is 0.673. The summed E-state index contributed by atoms with van der Waals surface area (Å²) in [6.45, 7) is 2.18. The number of nitrogens with one attached hydrogen (secondary N) is 1. The molecule has 1 heterocycles. The summed E-state index contributed by atoms with van der Waals surface area (Å²) in [4.78, 5) is 13.6. The van der Waals surface area contributed by atoms with Crippen LogP contribution in [0.3, 0.4) is 0 Å². The van der Waals surface area contributed by atoms with Crippen LogP contribution in [0.15, 0.2) is 65.6 Å². The molecule has 0 saturated carbocycles. The first-order chi connectivity index (χ1) is 14.4. The van der Waals surface area contributed by atoms with Gasteiger partial charge in [0.15, 0.2) is 0 Å². The van der Waals surface area contributed by atoms with E-state index in [9.17, 15) is 13.2 Å². The Balaban J connectivity index is 1.78. The minimum absolute atomic E-state index is 0.0764. The molecule has 0 saturated heterocycles. The van der Waals surface area contributed by atoms with Crippen LogP contribution in [0, 0.1) is 0 Å². The van der Waals surface area contributed by atoms with Crippen molar-refractivity contribution in [3.05, 3.63) is 66.2 Å². The van der Waals surface area contributed by atoms with Crippen molar-refractivity contribution in [2.75, 3.05) is 13.7 Å². The third-order valence-corrected chi connectivity index (χ3v) is 7.17. The molecule has 1 aliphatic heterocycles. The van der Waals surface area contributed by atoms with Gasteiger partial charge in [-0.2, -0.15) is 0 Å². The zero-order valence-corrected chi connectivity index (χ0v) is 17.7. The van der Waals surface area contributed by atoms with Crippen LogP contribution < -0.4 is 14.2 Å². The maximum absolute atomic E-state index is 13.5. The molecule has 0 fully saturated rings. The first-order valence-electron chi connectivity index (χ1n) is 9.78. The molecule has 6 nitrogen and oxygen atoms in total. The Labute approximate surface area is 175 Å². The topological polar surface area (TPSA) is 81.7 Å². The number of amides is 1. The molecule has 1 N–H and O–H groups in total. The Morgan fingerprint density at radius 1 is 1.10 bits per heavy atom. The lowest BCUT2D eigenvalue weighted by molar-refractivity contribution is -0.126. The van der Waals surface area contributed by atoms with Crippen LogP contribution in [-0.2, 0) is 20.2 Å². The molecule has 0 bridgehead atoms. The van der Waals surface area contributed by atoms with E-state index < -0.39 is 21.3 Å². The molecule has 30 heavy (non-hydrogen) atoms. The number of sulfonamides is 1. The van der Waals surface area contributed by atoms with Crippen LogP contribution in [-0.4, -0.2) is 28.0 Å². The molecule has 3 aromatic rings. The molecule has 1 aliphatic rings. The third-order valence-electron chi connectivity index (χ3n) is 5.78. The molecular weight excluding hydrogens is 402 g/mol. The fourth-order valence-corrected chi connectivity index (χ4v) is 5.46. The van der Waals surface area contributed by atoms with E-state index in [2.05, 4.69) is 4.72 Å². The van der Waals surface area contributed by atoms with Crippen molar-refractivity contribution < 1.29 is 22.7 Å². The average Bonchev–Trinajstić information content (AvgIpc) is 2.77. The second-order valence-corrected chi connectivity index (χ2v) is 8.93. The van der Waals surface area contributed by atoms with Crippen LogP contribution >= 0.6 is 0 Å². The number of ether oxygens (including phenoxy) is 2. The molecule has 1 atom stereocenters. The van der Waals surface area contributed by atoms with Crippen molar-refractivity contribution in [3.63, 3.8) is 0 Å². The van der Waals surface area contributed by atoms with E-state index in [1.807, 2.05) is 25.1 Å². The van der Waals surface area contributed by atoms with Gasteiger partial charge in [0.2, 0.25) is 5.91 Å². The summed E-state index contributed by atoms with van der Waals surface area (Å²) in [7, 11) is -2.56. The van der Waals surface area contributed by atoms with Gasteiger partial charge in [0.05, 0.1) is 29.6 Å². The van der Waals surface area contributed by atoms with Crippen molar-refractivity contribution in [2.24, 2.45) is 0 Å². The lowest BCUT2D eigenvalue weighted by Crippen LogP contribution is -2.49. The van der Waals surface area contributed by atoms with Crippen molar-refractivity contribution in [1.29, 1.82) is 0 Å². The number of carbonyl (C=O) groups excluding carboxylic acids is 1. The fraction of sp³-hybridized carbons (Fsp3) is 0.261. The summed E-state index contributed by atoms with van der Waals surface area (Å²) < 4.78 is 40.0. The van der Waals surface area contributed by atoms with Gasteiger partial charge >= 0.3 is 0 Å². The van der Waals surface area contributed by atoms with E-state index in [4.69, 9.17) is 9.47 Å². The second-order valence-electron chi connectivity index (χ2n) is 7.28. The SMILES string of the molecule is CC[C@]1(C(=O)NS(=O)(=O)c2cccc3ccccc23)CCOc2cccc(OC)c21. The smallest absolute Gasteiger partial charge is 0.264 e. The predicted molar refractivity (Wildman–Crippen MR) is 114 cm³/mol.